The fourth-order valence-electron chi connectivity index (χ4n) is 8.45. The third kappa shape index (κ3) is 5.22. The SMILES string of the molecule is c1ccc(C2=NC(c3cccc(-c4cccc(-n5c6ccccc6c6ccccc65)c4)c3)N=C(c3ccc4c5ccccc5c5ccccc5c4c3)N2)cc1. The lowest BCUT2D eigenvalue weighted by Gasteiger charge is -2.23. The van der Waals surface area contributed by atoms with Crippen LogP contribution in [0.3, 0.4) is 0 Å². The predicted octanol–water partition coefficient (Wildman–Crippen LogP) is 12.4. The Hall–Kier alpha value is -7.30. The van der Waals surface area contributed by atoms with Gasteiger partial charge in [-0.3, -0.25) is 0 Å². The highest BCUT2D eigenvalue weighted by Crippen LogP contribution is 2.37. The van der Waals surface area contributed by atoms with E-state index in [-0.39, 0.29) is 0 Å². The quantitative estimate of drug-likeness (QED) is 0.178. The number of benzene rings is 9. The maximum absolute atomic E-state index is 5.32. The maximum atomic E-state index is 5.32. The fourth-order valence-corrected chi connectivity index (χ4v) is 8.45. The number of nitrogens with one attached hydrogen (secondary N) is 1. The van der Waals surface area contributed by atoms with Gasteiger partial charge in [-0.1, -0.05) is 158 Å². The van der Waals surface area contributed by atoms with Crippen LogP contribution in [0.1, 0.15) is 22.9 Å². The minimum Gasteiger partial charge on any atom is -0.324 e. The molecule has 0 aliphatic carbocycles. The molecule has 4 nitrogen and oxygen atoms in total. The Bertz CT molecular complexity index is 3100. The van der Waals surface area contributed by atoms with Gasteiger partial charge in [0.15, 0.2) is 6.17 Å². The summed E-state index contributed by atoms with van der Waals surface area (Å²) in [5.74, 6) is 1.61. The molecule has 0 spiro atoms. The number of fused-ring (bicyclic) bond motifs is 9. The zero-order chi connectivity index (χ0) is 36.3. The third-order valence-corrected chi connectivity index (χ3v) is 11.0. The van der Waals surface area contributed by atoms with E-state index in [2.05, 4.69) is 198 Å². The van der Waals surface area contributed by atoms with Crippen LogP contribution in [0.25, 0.3) is 70.9 Å². The van der Waals surface area contributed by atoms with Crippen LogP contribution >= 0.6 is 0 Å². The number of rotatable bonds is 5. The summed E-state index contributed by atoms with van der Waals surface area (Å²) in [5, 5.41) is 13.6. The molecule has 0 fully saturated rings. The van der Waals surface area contributed by atoms with E-state index in [1.54, 1.807) is 0 Å². The summed E-state index contributed by atoms with van der Waals surface area (Å²) in [7, 11) is 0. The van der Waals surface area contributed by atoms with E-state index in [0.29, 0.717) is 0 Å². The van der Waals surface area contributed by atoms with Crippen molar-refractivity contribution in [2.75, 3.05) is 0 Å². The highest BCUT2D eigenvalue weighted by molar-refractivity contribution is 6.26. The molecule has 1 unspecified atom stereocenters. The minimum atomic E-state index is -0.434. The smallest absolute Gasteiger partial charge is 0.169 e. The van der Waals surface area contributed by atoms with Crippen molar-refractivity contribution in [3.8, 4) is 16.8 Å². The van der Waals surface area contributed by atoms with E-state index in [1.165, 1.54) is 54.1 Å². The molecule has 4 heteroatoms. The Labute approximate surface area is 318 Å². The lowest BCUT2D eigenvalue weighted by molar-refractivity contribution is 0.756. The zero-order valence-corrected chi connectivity index (χ0v) is 29.9. The molecular formula is C51H34N4. The van der Waals surface area contributed by atoms with Crippen LogP contribution in [0, 0.1) is 0 Å². The van der Waals surface area contributed by atoms with E-state index < -0.39 is 6.17 Å². The van der Waals surface area contributed by atoms with Gasteiger partial charge in [-0.2, -0.15) is 0 Å². The summed E-state index contributed by atoms with van der Waals surface area (Å²) in [5.41, 5.74) is 8.86. The number of nitrogens with zero attached hydrogens (tertiary/aromatic N) is 3. The summed E-state index contributed by atoms with van der Waals surface area (Å²) >= 11 is 0. The van der Waals surface area contributed by atoms with Gasteiger partial charge in [0.1, 0.15) is 11.7 Å². The number of aliphatic imine (C=N–C) groups is 2. The van der Waals surface area contributed by atoms with Crippen LogP contribution in [0.5, 0.6) is 0 Å². The van der Waals surface area contributed by atoms with Crippen molar-refractivity contribution >= 4 is 65.8 Å². The normalized spacial score (nSPS) is 14.4. The van der Waals surface area contributed by atoms with Gasteiger partial charge in [-0.15, -0.1) is 0 Å². The van der Waals surface area contributed by atoms with Gasteiger partial charge in [0.25, 0.3) is 0 Å². The number of hydrogen-bond donors (Lipinski definition) is 1. The first-order valence-corrected chi connectivity index (χ1v) is 18.8. The first-order chi connectivity index (χ1) is 27.3. The molecular weight excluding hydrogens is 669 g/mol. The van der Waals surface area contributed by atoms with Crippen molar-refractivity contribution in [3.63, 3.8) is 0 Å². The molecule has 1 atom stereocenters. The van der Waals surface area contributed by atoms with E-state index in [0.717, 1.165) is 45.2 Å². The fraction of sp³-hybridized carbons (Fsp3) is 0.0196. The Balaban J connectivity index is 1.03. The predicted molar refractivity (Wildman–Crippen MR) is 231 cm³/mol. The Morgan fingerprint density at radius 3 is 1.49 bits per heavy atom. The number of aromatic nitrogens is 1. The molecule has 258 valence electrons. The molecule has 1 aliphatic rings. The van der Waals surface area contributed by atoms with Gasteiger partial charge in [0.2, 0.25) is 0 Å². The highest BCUT2D eigenvalue weighted by Gasteiger charge is 2.22. The average molecular weight is 703 g/mol. The molecule has 55 heavy (non-hydrogen) atoms. The van der Waals surface area contributed by atoms with Crippen molar-refractivity contribution in [2.24, 2.45) is 9.98 Å². The Morgan fingerprint density at radius 1 is 0.345 bits per heavy atom. The lowest BCUT2D eigenvalue weighted by atomic mass is 9.93. The van der Waals surface area contributed by atoms with Gasteiger partial charge in [0.05, 0.1) is 11.0 Å². The molecule has 0 bridgehead atoms. The van der Waals surface area contributed by atoms with Crippen molar-refractivity contribution in [3.05, 3.63) is 211 Å². The van der Waals surface area contributed by atoms with Gasteiger partial charge in [0, 0.05) is 27.6 Å². The molecule has 10 aromatic rings. The second-order valence-corrected chi connectivity index (χ2v) is 14.2. The van der Waals surface area contributed by atoms with E-state index >= 15 is 0 Å². The second kappa shape index (κ2) is 12.7. The summed E-state index contributed by atoms with van der Waals surface area (Å²) < 4.78 is 2.37. The second-order valence-electron chi connectivity index (χ2n) is 14.2. The first kappa shape index (κ1) is 31.2. The van der Waals surface area contributed by atoms with Crippen LogP contribution in [-0.4, -0.2) is 16.2 Å². The molecule has 1 aromatic heterocycles. The molecule has 9 aromatic carbocycles. The topological polar surface area (TPSA) is 41.7 Å². The zero-order valence-electron chi connectivity index (χ0n) is 29.9. The van der Waals surface area contributed by atoms with E-state index in [9.17, 15) is 0 Å². The van der Waals surface area contributed by atoms with E-state index in [1.807, 2.05) is 6.07 Å². The average Bonchev–Trinajstić information content (AvgIpc) is 3.61. The number of para-hydroxylation sites is 2. The minimum absolute atomic E-state index is 0.434. The van der Waals surface area contributed by atoms with Gasteiger partial charge in [-0.05, 0) is 85.4 Å². The van der Waals surface area contributed by atoms with Crippen LogP contribution in [-0.2, 0) is 0 Å². The summed E-state index contributed by atoms with van der Waals surface area (Å²) in [4.78, 5) is 10.5. The van der Waals surface area contributed by atoms with Gasteiger partial charge in [-0.25, -0.2) is 9.98 Å². The Kier molecular flexibility index (Phi) is 7.20. The molecule has 0 saturated heterocycles. The third-order valence-electron chi connectivity index (χ3n) is 11.0. The lowest BCUT2D eigenvalue weighted by Crippen LogP contribution is -2.36. The van der Waals surface area contributed by atoms with Crippen molar-refractivity contribution < 1.29 is 0 Å². The molecule has 2 heterocycles. The summed E-state index contributed by atoms with van der Waals surface area (Å²) in [6.07, 6.45) is -0.434. The van der Waals surface area contributed by atoms with Crippen LogP contribution in [0.2, 0.25) is 0 Å². The van der Waals surface area contributed by atoms with E-state index in [4.69, 9.17) is 9.98 Å². The first-order valence-electron chi connectivity index (χ1n) is 18.8. The van der Waals surface area contributed by atoms with Crippen molar-refractivity contribution in [2.45, 2.75) is 6.17 Å². The summed E-state index contributed by atoms with van der Waals surface area (Å²) in [6, 6.07) is 69.3. The van der Waals surface area contributed by atoms with Gasteiger partial charge < -0.3 is 9.88 Å². The maximum Gasteiger partial charge on any atom is 0.169 e. The highest BCUT2D eigenvalue weighted by atomic mass is 15.2. The number of amidine groups is 2. The molecule has 1 N–H and O–H groups in total. The van der Waals surface area contributed by atoms with Crippen molar-refractivity contribution in [1.29, 1.82) is 0 Å². The monoisotopic (exact) mass is 702 g/mol. The molecule has 0 saturated carbocycles. The van der Waals surface area contributed by atoms with Gasteiger partial charge >= 0.3 is 0 Å². The molecule has 0 radical (unpaired) electrons. The number of hydrogen-bond acceptors (Lipinski definition) is 3. The Morgan fingerprint density at radius 2 is 0.836 bits per heavy atom. The standard InChI is InChI=1S/C51H34N4/c1-2-14-33(15-3-1)49-52-50(54-51(53-49)37-28-29-43-41-22-5-4-20-39(41)40-21-6-7-23-42(40)46(43)32-37)36-18-12-16-34(30-36)35-17-13-19-38(31-35)55-47-26-10-8-24-44(47)45-25-9-11-27-48(45)55/h1-32,50H,(H,52,53,54). The molecule has 1 aliphatic heterocycles. The molecule has 11 rings (SSSR count). The molecule has 0 amide bonds. The van der Waals surface area contributed by atoms with Crippen LogP contribution in [0.4, 0.5) is 0 Å². The largest absolute Gasteiger partial charge is 0.324 e. The van der Waals surface area contributed by atoms with Crippen molar-refractivity contribution in [1.82, 2.24) is 9.88 Å². The van der Waals surface area contributed by atoms with Crippen LogP contribution < -0.4 is 5.32 Å². The summed E-state index contributed by atoms with van der Waals surface area (Å²) in [6.45, 7) is 0. The van der Waals surface area contributed by atoms with Crippen LogP contribution in [0.15, 0.2) is 204 Å².